The maximum absolute atomic E-state index is 14.1. The summed E-state index contributed by atoms with van der Waals surface area (Å²) in [5, 5.41) is 9.52. The third-order valence-corrected chi connectivity index (χ3v) is 11.9. The van der Waals surface area contributed by atoms with Crippen LogP contribution >= 0.6 is 22.9 Å². The number of hydrogen-bond donors (Lipinski definition) is 3. The van der Waals surface area contributed by atoms with Crippen LogP contribution < -0.4 is 16.4 Å². The van der Waals surface area contributed by atoms with Crippen LogP contribution in [0.3, 0.4) is 0 Å². The molecular formula is C34H48ClN7O3S. The number of urea groups is 2. The number of nitrogens with zero attached hydrogens (tertiary/aromatic N) is 4. The van der Waals surface area contributed by atoms with Crippen molar-refractivity contribution in [2.45, 2.75) is 76.9 Å². The summed E-state index contributed by atoms with van der Waals surface area (Å²) in [6.07, 6.45) is 6.96. The number of carbonyl (C=O) groups excluding carboxylic acids is 3. The Morgan fingerprint density at radius 1 is 1.02 bits per heavy atom. The maximum Gasteiger partial charge on any atom is 0.323 e. The first-order valence-electron chi connectivity index (χ1n) is 16.9. The number of amides is 5. The molecule has 0 aliphatic carbocycles. The molecule has 4 aliphatic rings. The molecule has 4 aliphatic heterocycles. The molecule has 0 unspecified atom stereocenters. The lowest BCUT2D eigenvalue weighted by Gasteiger charge is -2.41. The molecule has 0 bridgehead atoms. The lowest BCUT2D eigenvalue weighted by molar-refractivity contribution is -0.135. The van der Waals surface area contributed by atoms with Gasteiger partial charge in [-0.25, -0.2) is 9.59 Å². The number of piperidine rings is 3. The van der Waals surface area contributed by atoms with Crippen LogP contribution in [0.2, 0.25) is 5.02 Å². The van der Waals surface area contributed by atoms with Crippen LogP contribution in [0.25, 0.3) is 0 Å². The van der Waals surface area contributed by atoms with Gasteiger partial charge in [0.25, 0.3) is 0 Å². The summed E-state index contributed by atoms with van der Waals surface area (Å²) in [4.78, 5) is 48.6. The molecule has 0 saturated carbocycles. The Bertz CT molecular complexity index is 1410. The number of benzene rings is 1. The van der Waals surface area contributed by atoms with E-state index in [0.29, 0.717) is 55.5 Å². The van der Waals surface area contributed by atoms with Gasteiger partial charge in [-0.05, 0) is 106 Å². The van der Waals surface area contributed by atoms with Gasteiger partial charge < -0.3 is 30.7 Å². The molecule has 0 spiro atoms. The molecule has 12 heteroatoms. The van der Waals surface area contributed by atoms with Crippen molar-refractivity contribution in [3.05, 3.63) is 45.3 Å². The molecule has 1 aromatic heterocycles. The van der Waals surface area contributed by atoms with Crippen LogP contribution in [-0.4, -0.2) is 96.0 Å². The van der Waals surface area contributed by atoms with Crippen molar-refractivity contribution in [2.75, 3.05) is 57.4 Å². The second kappa shape index (κ2) is 14.4. The van der Waals surface area contributed by atoms with Crippen molar-refractivity contribution in [3.8, 4) is 0 Å². The molecule has 46 heavy (non-hydrogen) atoms. The monoisotopic (exact) mass is 669 g/mol. The number of hydrogen-bond acceptors (Lipinski definition) is 6. The summed E-state index contributed by atoms with van der Waals surface area (Å²) in [5.74, 6) is 1.36. The average Bonchev–Trinajstić information content (AvgIpc) is 3.53. The van der Waals surface area contributed by atoms with Crippen LogP contribution in [0.5, 0.6) is 0 Å². The van der Waals surface area contributed by atoms with Gasteiger partial charge in [-0.3, -0.25) is 10.1 Å². The minimum atomic E-state index is -0.709. The second-order valence-corrected chi connectivity index (χ2v) is 14.9. The predicted octanol–water partition coefficient (Wildman–Crippen LogP) is 5.26. The number of carbonyl (C=O) groups is 3. The third kappa shape index (κ3) is 7.26. The highest BCUT2D eigenvalue weighted by atomic mass is 35.5. The third-order valence-electron chi connectivity index (χ3n) is 10.7. The zero-order chi connectivity index (χ0) is 32.4. The van der Waals surface area contributed by atoms with Gasteiger partial charge in [0.05, 0.1) is 17.3 Å². The minimum absolute atomic E-state index is 0.0346. The molecule has 250 valence electrons. The predicted molar refractivity (Wildman–Crippen MR) is 184 cm³/mol. The van der Waals surface area contributed by atoms with Gasteiger partial charge in [-0.15, -0.1) is 11.3 Å². The molecular weight excluding hydrogens is 622 g/mol. The van der Waals surface area contributed by atoms with E-state index in [1.807, 2.05) is 34.2 Å². The molecule has 0 radical (unpaired) electrons. The first-order chi connectivity index (χ1) is 22.2. The fourth-order valence-corrected chi connectivity index (χ4v) is 8.86. The van der Waals surface area contributed by atoms with Crippen LogP contribution in [0.15, 0.2) is 23.6 Å². The number of fused-ring (bicyclic) bond motifs is 1. The standard InChI is InChI=1S/C34H48ClN7O3S/c1-3-23-18-22(19-28(35)30(23)36)20-29(32(43)40-13-6-25(7-14-40)24-4-11-39(2)12-5-24)37-33(44)41-15-8-27(9-16-41)42-21-26-10-17-46-31(26)38-34(42)45/h10,17-19,24-25,27,29H,3-9,11-16,20-21,36H2,1-2H3,(H,37,44)(H,38,45)/t29-/m1/s1. The van der Waals surface area contributed by atoms with Crippen molar-refractivity contribution in [1.29, 1.82) is 0 Å². The molecule has 3 saturated heterocycles. The van der Waals surface area contributed by atoms with Crippen molar-refractivity contribution in [3.63, 3.8) is 0 Å². The van der Waals surface area contributed by atoms with Gasteiger partial charge in [0.2, 0.25) is 5.91 Å². The number of anilines is 2. The second-order valence-electron chi connectivity index (χ2n) is 13.6. The lowest BCUT2D eigenvalue weighted by atomic mass is 9.79. The van der Waals surface area contributed by atoms with E-state index in [1.54, 1.807) is 16.2 Å². The van der Waals surface area contributed by atoms with E-state index in [-0.39, 0.29) is 24.0 Å². The summed E-state index contributed by atoms with van der Waals surface area (Å²) in [7, 11) is 2.19. The molecule has 4 N–H and O–H groups in total. The van der Waals surface area contributed by atoms with Gasteiger partial charge in [0.15, 0.2) is 0 Å². The topological polar surface area (TPSA) is 114 Å². The van der Waals surface area contributed by atoms with E-state index in [4.69, 9.17) is 17.3 Å². The Hall–Kier alpha value is -3.02. The largest absolute Gasteiger partial charge is 0.397 e. The number of nitrogen functional groups attached to an aromatic ring is 1. The van der Waals surface area contributed by atoms with E-state index in [0.717, 1.165) is 73.1 Å². The Labute approximate surface area is 281 Å². The highest BCUT2D eigenvalue weighted by Crippen LogP contribution is 2.34. The molecule has 5 amide bonds. The zero-order valence-corrected chi connectivity index (χ0v) is 28.7. The van der Waals surface area contributed by atoms with Crippen molar-refractivity contribution < 1.29 is 14.4 Å². The van der Waals surface area contributed by atoms with Crippen LogP contribution in [0.4, 0.5) is 20.3 Å². The number of rotatable bonds is 7. The molecule has 2 aromatic rings. The van der Waals surface area contributed by atoms with Crippen LogP contribution in [0, 0.1) is 11.8 Å². The molecule has 10 nitrogen and oxygen atoms in total. The van der Waals surface area contributed by atoms with E-state index in [2.05, 4.69) is 28.6 Å². The van der Waals surface area contributed by atoms with Crippen molar-refractivity contribution in [1.82, 2.24) is 24.9 Å². The fourth-order valence-electron chi connectivity index (χ4n) is 7.80. The number of nitrogens with one attached hydrogen (secondary N) is 2. The van der Waals surface area contributed by atoms with Gasteiger partial charge >= 0.3 is 12.1 Å². The number of likely N-dealkylation sites (tertiary alicyclic amines) is 3. The van der Waals surface area contributed by atoms with E-state index in [9.17, 15) is 14.4 Å². The molecule has 1 aromatic carbocycles. The quantitative estimate of drug-likeness (QED) is 0.348. The highest BCUT2D eigenvalue weighted by Gasteiger charge is 2.36. The smallest absolute Gasteiger partial charge is 0.323 e. The lowest BCUT2D eigenvalue weighted by Crippen LogP contribution is -2.57. The van der Waals surface area contributed by atoms with E-state index < -0.39 is 6.04 Å². The Morgan fingerprint density at radius 2 is 1.67 bits per heavy atom. The van der Waals surface area contributed by atoms with Gasteiger partial charge in [0, 0.05) is 44.2 Å². The summed E-state index contributed by atoms with van der Waals surface area (Å²) in [6.45, 7) is 7.41. The zero-order valence-electron chi connectivity index (χ0n) is 27.1. The first-order valence-corrected chi connectivity index (χ1v) is 18.2. The number of thiophene rings is 1. The summed E-state index contributed by atoms with van der Waals surface area (Å²) in [5.41, 5.74) is 9.74. The molecule has 3 fully saturated rings. The summed E-state index contributed by atoms with van der Waals surface area (Å²) >= 11 is 8.04. The summed E-state index contributed by atoms with van der Waals surface area (Å²) < 4.78 is 0. The molecule has 1 atom stereocenters. The number of nitrogens with two attached hydrogens (primary N) is 1. The fraction of sp³-hybridized carbons (Fsp3) is 0.618. The van der Waals surface area contributed by atoms with Crippen molar-refractivity contribution in [2.24, 2.45) is 11.8 Å². The van der Waals surface area contributed by atoms with Crippen LogP contribution in [-0.2, 0) is 24.2 Å². The normalized spacial score (nSPS) is 21.2. The first kappa shape index (κ1) is 32.9. The average molecular weight is 670 g/mol. The van der Waals surface area contributed by atoms with Gasteiger partial charge in [0.1, 0.15) is 11.0 Å². The van der Waals surface area contributed by atoms with E-state index >= 15 is 0 Å². The Kier molecular flexibility index (Phi) is 10.3. The number of aryl methyl sites for hydroxylation is 1. The van der Waals surface area contributed by atoms with Crippen LogP contribution in [0.1, 0.15) is 62.1 Å². The SMILES string of the molecule is CCc1cc(C[C@@H](NC(=O)N2CCC(N3Cc4ccsc4NC3=O)CC2)C(=O)N2CCC(C3CCN(C)CC3)CC2)cc(Cl)c1N. The summed E-state index contributed by atoms with van der Waals surface area (Å²) in [6, 6.07) is 4.93. The molecule has 6 rings (SSSR count). The minimum Gasteiger partial charge on any atom is -0.397 e. The van der Waals surface area contributed by atoms with Gasteiger partial charge in [-0.2, -0.15) is 0 Å². The van der Waals surface area contributed by atoms with Gasteiger partial charge in [-0.1, -0.05) is 24.6 Å². The van der Waals surface area contributed by atoms with E-state index in [1.165, 1.54) is 12.8 Å². The Morgan fingerprint density at radius 3 is 2.35 bits per heavy atom. The maximum atomic E-state index is 14.1. The number of halogens is 1. The molecule has 5 heterocycles. The Balaban J connectivity index is 1.10. The highest BCUT2D eigenvalue weighted by molar-refractivity contribution is 7.14. The van der Waals surface area contributed by atoms with Crippen molar-refractivity contribution >= 4 is 51.6 Å².